The minimum absolute atomic E-state index is 0.0559. The summed E-state index contributed by atoms with van der Waals surface area (Å²) in [5.74, 6) is 0.428. The number of hydrogen-bond acceptors (Lipinski definition) is 5. The van der Waals surface area contributed by atoms with Gasteiger partial charge in [0.05, 0.1) is 4.88 Å². The van der Waals surface area contributed by atoms with E-state index in [9.17, 15) is 9.59 Å². The van der Waals surface area contributed by atoms with Crippen LogP contribution in [-0.2, 0) is 11.3 Å². The topological polar surface area (TPSA) is 83.0 Å². The molecule has 0 bridgehead atoms. The molecule has 0 aliphatic carbocycles. The van der Waals surface area contributed by atoms with Crippen molar-refractivity contribution in [3.8, 4) is 10.7 Å². The maximum absolute atomic E-state index is 12.7. The van der Waals surface area contributed by atoms with Crippen molar-refractivity contribution in [1.29, 1.82) is 0 Å². The Kier molecular flexibility index (Phi) is 6.05. The lowest BCUT2D eigenvalue weighted by Crippen LogP contribution is -2.31. The fourth-order valence-corrected chi connectivity index (χ4v) is 3.72. The van der Waals surface area contributed by atoms with Crippen molar-refractivity contribution in [2.45, 2.75) is 19.5 Å². The minimum Gasteiger partial charge on any atom is -0.350 e. The molecular weight excluding hydrogens is 394 g/mol. The van der Waals surface area contributed by atoms with Gasteiger partial charge >= 0.3 is 0 Å². The normalized spacial score (nSPS) is 11.8. The highest BCUT2D eigenvalue weighted by Gasteiger charge is 2.21. The SMILES string of the molecule is CC(C(=O)NCc1ccc(C(=O)N(C)C)cc1)n1c(-c2cccs2)n[nH]c1=S. The van der Waals surface area contributed by atoms with Crippen LogP contribution in [0.1, 0.15) is 28.9 Å². The molecule has 0 saturated heterocycles. The summed E-state index contributed by atoms with van der Waals surface area (Å²) in [6, 6.07) is 10.5. The van der Waals surface area contributed by atoms with Gasteiger partial charge in [0.15, 0.2) is 10.6 Å². The fraction of sp³-hybridized carbons (Fsp3) is 0.263. The molecule has 2 N–H and O–H groups in total. The first kappa shape index (κ1) is 20.0. The molecule has 0 aliphatic rings. The van der Waals surface area contributed by atoms with Gasteiger partial charge in [-0.25, -0.2) is 0 Å². The van der Waals surface area contributed by atoms with E-state index in [1.165, 1.54) is 16.2 Å². The summed E-state index contributed by atoms with van der Waals surface area (Å²) in [4.78, 5) is 27.1. The van der Waals surface area contributed by atoms with E-state index in [0.29, 0.717) is 22.7 Å². The van der Waals surface area contributed by atoms with Crippen LogP contribution < -0.4 is 5.32 Å². The molecule has 1 aromatic carbocycles. The van der Waals surface area contributed by atoms with Gasteiger partial charge in [0.1, 0.15) is 6.04 Å². The second-order valence-corrected chi connectivity index (χ2v) is 7.82. The van der Waals surface area contributed by atoms with Gasteiger partial charge in [0.25, 0.3) is 5.91 Å². The zero-order chi connectivity index (χ0) is 20.3. The summed E-state index contributed by atoms with van der Waals surface area (Å²) in [5.41, 5.74) is 1.52. The van der Waals surface area contributed by atoms with Crippen molar-refractivity contribution >= 4 is 35.4 Å². The summed E-state index contributed by atoms with van der Waals surface area (Å²) in [5, 5.41) is 11.9. The minimum atomic E-state index is -0.516. The lowest BCUT2D eigenvalue weighted by Gasteiger charge is -2.15. The van der Waals surface area contributed by atoms with Crippen LogP contribution in [0.5, 0.6) is 0 Å². The summed E-state index contributed by atoms with van der Waals surface area (Å²) < 4.78 is 2.12. The molecule has 146 valence electrons. The number of aromatic nitrogens is 3. The zero-order valence-electron chi connectivity index (χ0n) is 15.8. The maximum atomic E-state index is 12.7. The first-order valence-electron chi connectivity index (χ1n) is 8.67. The fourth-order valence-electron chi connectivity index (χ4n) is 2.72. The monoisotopic (exact) mass is 415 g/mol. The van der Waals surface area contributed by atoms with Gasteiger partial charge in [-0.05, 0) is 48.3 Å². The van der Waals surface area contributed by atoms with Crippen LogP contribution >= 0.6 is 23.6 Å². The van der Waals surface area contributed by atoms with Crippen molar-refractivity contribution in [1.82, 2.24) is 25.0 Å². The number of nitrogens with zero attached hydrogens (tertiary/aromatic N) is 3. The van der Waals surface area contributed by atoms with Crippen LogP contribution in [0.2, 0.25) is 0 Å². The molecule has 0 aliphatic heterocycles. The van der Waals surface area contributed by atoms with Gasteiger partial charge < -0.3 is 10.2 Å². The molecule has 0 spiro atoms. The van der Waals surface area contributed by atoms with Crippen molar-refractivity contribution in [2.24, 2.45) is 0 Å². The van der Waals surface area contributed by atoms with Crippen LogP contribution in [0, 0.1) is 4.77 Å². The number of thiophene rings is 1. The average molecular weight is 416 g/mol. The molecule has 0 fully saturated rings. The highest BCUT2D eigenvalue weighted by atomic mass is 32.1. The molecule has 2 aromatic heterocycles. The van der Waals surface area contributed by atoms with Crippen LogP contribution in [0.15, 0.2) is 41.8 Å². The number of aromatic amines is 1. The Bertz CT molecular complexity index is 1020. The quantitative estimate of drug-likeness (QED) is 0.606. The molecule has 7 nitrogen and oxygen atoms in total. The van der Waals surface area contributed by atoms with Gasteiger partial charge in [-0.15, -0.1) is 11.3 Å². The zero-order valence-corrected chi connectivity index (χ0v) is 17.4. The van der Waals surface area contributed by atoms with Crippen LogP contribution in [0.4, 0.5) is 0 Å². The summed E-state index contributed by atoms with van der Waals surface area (Å²) >= 11 is 6.85. The smallest absolute Gasteiger partial charge is 0.253 e. The summed E-state index contributed by atoms with van der Waals surface area (Å²) in [6.45, 7) is 2.15. The maximum Gasteiger partial charge on any atom is 0.253 e. The first-order valence-corrected chi connectivity index (χ1v) is 9.96. The Hall–Kier alpha value is -2.78. The van der Waals surface area contributed by atoms with E-state index >= 15 is 0 Å². The number of amides is 2. The number of hydrogen-bond donors (Lipinski definition) is 2. The van der Waals surface area contributed by atoms with E-state index in [1.807, 2.05) is 29.6 Å². The van der Waals surface area contributed by atoms with Crippen molar-refractivity contribution in [3.05, 3.63) is 57.7 Å². The van der Waals surface area contributed by atoms with E-state index in [-0.39, 0.29) is 11.8 Å². The Morgan fingerprint density at radius 2 is 2.00 bits per heavy atom. The predicted octanol–water partition coefficient (Wildman–Crippen LogP) is 3.25. The number of carbonyl (C=O) groups excluding carboxylic acids is 2. The molecule has 3 rings (SSSR count). The molecule has 1 atom stereocenters. The standard InChI is InChI=1S/C19H21N5O2S2/c1-12(24-16(21-22-19(24)27)15-5-4-10-28-15)17(25)20-11-13-6-8-14(9-7-13)18(26)23(2)3/h4-10,12H,11H2,1-3H3,(H,20,25)(H,22,27). The van der Waals surface area contributed by atoms with Crippen LogP contribution in [-0.4, -0.2) is 45.6 Å². The highest BCUT2D eigenvalue weighted by molar-refractivity contribution is 7.71. The highest BCUT2D eigenvalue weighted by Crippen LogP contribution is 2.25. The number of nitrogens with one attached hydrogen (secondary N) is 2. The van der Waals surface area contributed by atoms with Crippen LogP contribution in [0.3, 0.4) is 0 Å². The summed E-state index contributed by atoms with van der Waals surface area (Å²) in [7, 11) is 3.42. The van der Waals surface area contributed by atoms with Crippen molar-refractivity contribution in [3.63, 3.8) is 0 Å². The number of H-pyrrole nitrogens is 1. The second kappa shape index (κ2) is 8.49. The Labute approximate surface area is 172 Å². The van der Waals surface area contributed by atoms with Gasteiger partial charge in [-0.1, -0.05) is 18.2 Å². The Morgan fingerprint density at radius 1 is 1.29 bits per heavy atom. The predicted molar refractivity (Wildman–Crippen MR) is 112 cm³/mol. The molecule has 28 heavy (non-hydrogen) atoms. The number of carbonyl (C=O) groups is 2. The summed E-state index contributed by atoms with van der Waals surface area (Å²) in [6.07, 6.45) is 0. The van der Waals surface area contributed by atoms with Crippen LogP contribution in [0.25, 0.3) is 10.7 Å². The van der Waals surface area contributed by atoms with Gasteiger partial charge in [-0.2, -0.15) is 5.10 Å². The van der Waals surface area contributed by atoms with E-state index in [2.05, 4.69) is 15.5 Å². The third kappa shape index (κ3) is 4.20. The second-order valence-electron chi connectivity index (χ2n) is 6.49. The van der Waals surface area contributed by atoms with Gasteiger partial charge in [0.2, 0.25) is 5.91 Å². The van der Waals surface area contributed by atoms with Crippen molar-refractivity contribution < 1.29 is 9.59 Å². The molecule has 2 heterocycles. The van der Waals surface area contributed by atoms with Crippen molar-refractivity contribution in [2.75, 3.05) is 14.1 Å². The first-order chi connectivity index (χ1) is 13.4. The van der Waals surface area contributed by atoms with E-state index in [0.717, 1.165) is 10.4 Å². The molecule has 9 heteroatoms. The molecule has 2 amide bonds. The molecule has 0 radical (unpaired) electrons. The number of rotatable bonds is 6. The molecule has 1 unspecified atom stereocenters. The third-order valence-electron chi connectivity index (χ3n) is 4.29. The Balaban J connectivity index is 1.68. The lowest BCUT2D eigenvalue weighted by atomic mass is 10.1. The number of benzene rings is 1. The largest absolute Gasteiger partial charge is 0.350 e. The van der Waals surface area contributed by atoms with E-state index in [1.54, 1.807) is 37.7 Å². The van der Waals surface area contributed by atoms with Gasteiger partial charge in [-0.3, -0.25) is 19.3 Å². The molecule has 0 saturated carbocycles. The van der Waals surface area contributed by atoms with E-state index < -0.39 is 6.04 Å². The molecule has 3 aromatic rings. The van der Waals surface area contributed by atoms with Gasteiger partial charge in [0, 0.05) is 26.2 Å². The lowest BCUT2D eigenvalue weighted by molar-refractivity contribution is -0.124. The molecular formula is C19H21N5O2S2. The average Bonchev–Trinajstić information content (AvgIpc) is 3.34. The van der Waals surface area contributed by atoms with E-state index in [4.69, 9.17) is 12.2 Å². The Morgan fingerprint density at radius 3 is 2.61 bits per heavy atom. The third-order valence-corrected chi connectivity index (χ3v) is 5.44.